The van der Waals surface area contributed by atoms with Crippen molar-refractivity contribution in [1.29, 1.82) is 0 Å². The highest BCUT2D eigenvalue weighted by molar-refractivity contribution is 5.10. The van der Waals surface area contributed by atoms with Crippen LogP contribution in [0.1, 0.15) is 118 Å². The molecule has 5 aromatic heterocycles. The van der Waals surface area contributed by atoms with Crippen LogP contribution in [0, 0.1) is 97.9 Å². The van der Waals surface area contributed by atoms with Gasteiger partial charge in [-0.05, 0) is 169 Å². The monoisotopic (exact) mass is 1560 g/mol. The van der Waals surface area contributed by atoms with Gasteiger partial charge < -0.3 is 85.5 Å². The molecule has 0 spiro atoms. The third-order valence-electron chi connectivity index (χ3n) is 22.6. The molecule has 10 aliphatic rings. The predicted molar refractivity (Wildman–Crippen MR) is 416 cm³/mol. The van der Waals surface area contributed by atoms with Gasteiger partial charge in [-0.3, -0.25) is 24.5 Å². The van der Waals surface area contributed by atoms with E-state index in [0.29, 0.717) is 44.6 Å². The van der Waals surface area contributed by atoms with Gasteiger partial charge in [0.15, 0.2) is 0 Å². The zero-order valence-electron chi connectivity index (χ0n) is 64.6. The van der Waals surface area contributed by atoms with Crippen LogP contribution < -0.4 is 0 Å². The maximum Gasteiger partial charge on any atom is 0.434 e. The van der Waals surface area contributed by atoms with Gasteiger partial charge in [0.2, 0.25) is 0 Å². The minimum atomic E-state index is -0.631. The first-order valence-electron chi connectivity index (χ1n) is 40.4. The molecule has 5 saturated heterocycles. The van der Waals surface area contributed by atoms with Crippen LogP contribution in [0.25, 0.3) is 0 Å². The van der Waals surface area contributed by atoms with E-state index < -0.39 is 42.9 Å². The number of piperidine rings is 1. The molecule has 0 amide bonds. The third-order valence-corrected chi connectivity index (χ3v) is 22.6. The first kappa shape index (κ1) is 86.0. The molecule has 10 heterocycles. The standard InChI is InChI=1S/2C15H25N5O2.C15H24N4O3.2C14H23N5O3.CH4/c1-13(10-19-8-5-16-15(19)20(21)22)9-17-6-2-7-18(12-17)11-14-3-4-14;1-13(11-19-5-4-16-15(19)20(21)22)10-17-6-8-18(9-7-17)12-14-2-3-14;20-14(11-18-8-5-16-15(18)19(21)22)10-17-6-3-13(4-7-17)9-12-1-2-12;20-13(10-18-7-4-15-14(18)19(21)22)9-17-6-1-5-16(11-17)8-12-2-3-12;20-13(11-18-4-3-15-14(18)19(21)22)10-17-7-5-16(6-8-17)9-12-1-2-12;/h5,8,13-14H,2-4,6-7,9-12H2,1H3;4-5,13-14H,2-3,6-12H2,1H3;5,8,12-14,20H,1-4,6-7,9-11H2;4,7,12-13,20H,1-3,5-6,8-11H2;3-4,12-13,20H,1-2,5-11H2;1H4. The highest BCUT2D eigenvalue weighted by Crippen LogP contribution is 2.39. The number of nitrogens with zero attached hydrogens (tertiary/aromatic N) is 24. The van der Waals surface area contributed by atoms with E-state index in [1.807, 2.05) is 0 Å². The SMILES string of the molecule is C.CC(CN1CCCN(CC2CC2)C1)Cn1ccnc1[N+](=O)[O-].CC(CN1CCN(CC2CC2)CC1)Cn1ccnc1[N+](=O)[O-].O=[N+]([O-])c1nccn1CC(O)CN1CCC(CC2CC2)CC1.O=[N+]([O-])c1nccn1CC(O)CN1CCCN(CC2CC2)C1.O=[N+]([O-])c1nccn1CC(O)CN1CCN(CC2CC2)CC1. The highest BCUT2D eigenvalue weighted by atomic mass is 16.6. The molecule has 3 N–H and O–H groups in total. The Labute approximate surface area is 651 Å². The molecule has 5 aliphatic heterocycles. The summed E-state index contributed by atoms with van der Waals surface area (Å²) in [5, 5.41) is 84.8. The maximum absolute atomic E-state index is 10.9. The van der Waals surface area contributed by atoms with Crippen molar-refractivity contribution in [1.82, 2.24) is 91.9 Å². The molecule has 618 valence electrons. The summed E-state index contributed by atoms with van der Waals surface area (Å²) < 4.78 is 7.50. The maximum atomic E-state index is 10.9. The average Bonchev–Trinajstić information content (AvgIpc) is 1.77. The second-order valence-electron chi connectivity index (χ2n) is 33.1. The van der Waals surface area contributed by atoms with Crippen LogP contribution in [0.3, 0.4) is 0 Å². The number of imidazole rings is 5. The summed E-state index contributed by atoms with van der Waals surface area (Å²) in [5.74, 6) is 5.54. The van der Waals surface area contributed by atoms with Gasteiger partial charge in [-0.2, -0.15) is 0 Å². The predicted octanol–water partition coefficient (Wildman–Crippen LogP) is 6.27. The lowest BCUT2D eigenvalue weighted by Gasteiger charge is -2.36. The summed E-state index contributed by atoms with van der Waals surface area (Å²) in [6, 6.07) is 0. The second kappa shape index (κ2) is 42.6. The number of nitro groups is 5. The van der Waals surface area contributed by atoms with E-state index in [1.54, 1.807) is 27.7 Å². The number of β-amino-alcohol motifs (C(OH)–C–C–N with tert-alkyl or cyclic N) is 3. The van der Waals surface area contributed by atoms with Crippen molar-refractivity contribution in [3.63, 3.8) is 0 Å². The van der Waals surface area contributed by atoms with Crippen molar-refractivity contribution in [3.05, 3.63) is 113 Å². The van der Waals surface area contributed by atoms with Crippen molar-refractivity contribution in [2.75, 3.05) is 164 Å². The molecule has 5 atom stereocenters. The molecule has 5 aromatic rings. The molecule has 5 aliphatic carbocycles. The molecule has 111 heavy (non-hydrogen) atoms. The van der Waals surface area contributed by atoms with Crippen LogP contribution in [0.4, 0.5) is 29.7 Å². The summed E-state index contributed by atoms with van der Waals surface area (Å²) in [6.07, 6.45) is 33.4. The van der Waals surface area contributed by atoms with Crippen molar-refractivity contribution in [2.24, 2.45) is 47.3 Å². The molecule has 37 nitrogen and oxygen atoms in total. The van der Waals surface area contributed by atoms with Crippen molar-refractivity contribution in [2.45, 2.75) is 169 Å². The van der Waals surface area contributed by atoms with Crippen molar-refractivity contribution >= 4 is 29.7 Å². The van der Waals surface area contributed by atoms with Crippen LogP contribution in [0.15, 0.2) is 62.0 Å². The number of piperazine rings is 2. The van der Waals surface area contributed by atoms with Gasteiger partial charge in [0, 0.05) is 137 Å². The number of hydrogen-bond donors (Lipinski definition) is 3. The zero-order valence-corrected chi connectivity index (χ0v) is 64.6. The lowest BCUT2D eigenvalue weighted by atomic mass is 9.91. The van der Waals surface area contributed by atoms with Crippen LogP contribution in [-0.2, 0) is 32.7 Å². The Bertz CT molecular complexity index is 3310. The summed E-state index contributed by atoms with van der Waals surface area (Å²) in [7, 11) is 0. The largest absolute Gasteiger partial charge is 0.434 e. The number of rotatable bonds is 35. The Morgan fingerprint density at radius 3 is 0.874 bits per heavy atom. The van der Waals surface area contributed by atoms with E-state index in [1.165, 1.54) is 180 Å². The summed E-state index contributed by atoms with van der Waals surface area (Å²) >= 11 is 0. The quantitative estimate of drug-likeness (QED) is 0.0297. The molecule has 10 fully saturated rings. The number of aliphatic hydroxyl groups is 3. The second-order valence-corrected chi connectivity index (χ2v) is 33.1. The molecule has 5 unspecified atom stereocenters. The molecule has 5 saturated carbocycles. The molecule has 37 heteroatoms. The third kappa shape index (κ3) is 29.5. The number of hydrogen-bond acceptors (Lipinski definition) is 27. The lowest BCUT2D eigenvalue weighted by Crippen LogP contribution is -2.49. The van der Waals surface area contributed by atoms with E-state index in [2.05, 4.69) is 82.9 Å². The Balaban J connectivity index is 0.000000147. The summed E-state index contributed by atoms with van der Waals surface area (Å²) in [5.41, 5.74) is 0. The van der Waals surface area contributed by atoms with Gasteiger partial charge in [0.1, 0.15) is 62.0 Å². The lowest BCUT2D eigenvalue weighted by molar-refractivity contribution is -0.397. The number of aromatic nitrogens is 10. The van der Waals surface area contributed by atoms with E-state index >= 15 is 0 Å². The summed E-state index contributed by atoms with van der Waals surface area (Å²) in [6.45, 7) is 31.8. The van der Waals surface area contributed by atoms with Crippen LogP contribution in [-0.4, -0.2) is 314 Å². The van der Waals surface area contributed by atoms with E-state index in [9.17, 15) is 65.9 Å². The average molecular weight is 1560 g/mol. The fourth-order valence-corrected chi connectivity index (χ4v) is 16.2. The van der Waals surface area contributed by atoms with Gasteiger partial charge in [-0.1, -0.05) is 59.0 Å². The Hall–Kier alpha value is -7.43. The molecule has 0 radical (unpaired) electrons. The molecule has 0 bridgehead atoms. The fourth-order valence-electron chi connectivity index (χ4n) is 16.2. The van der Waals surface area contributed by atoms with E-state index in [0.717, 1.165) is 153 Å². The number of aliphatic hydroxyl groups excluding tert-OH is 3. The van der Waals surface area contributed by atoms with Crippen LogP contribution in [0.2, 0.25) is 0 Å². The van der Waals surface area contributed by atoms with Gasteiger partial charge in [-0.15, -0.1) is 0 Å². The first-order valence-corrected chi connectivity index (χ1v) is 40.4. The molecular weight excluding hydrogens is 1430 g/mol. The van der Waals surface area contributed by atoms with Crippen molar-refractivity contribution < 1.29 is 39.9 Å². The normalized spacial score (nSPS) is 21.7. The fraction of sp³-hybridized carbons (Fsp3) is 0.797. The zero-order chi connectivity index (χ0) is 77.6. The van der Waals surface area contributed by atoms with E-state index in [4.69, 9.17) is 0 Å². The van der Waals surface area contributed by atoms with E-state index in [-0.39, 0.29) is 56.8 Å². The molecular formula is C74H124N24O13. The van der Waals surface area contributed by atoms with Crippen LogP contribution in [0.5, 0.6) is 0 Å². The van der Waals surface area contributed by atoms with Gasteiger partial charge in [0.25, 0.3) is 0 Å². The first-order chi connectivity index (χ1) is 53.1. The van der Waals surface area contributed by atoms with Gasteiger partial charge >= 0.3 is 29.7 Å². The van der Waals surface area contributed by atoms with Gasteiger partial charge in [0.05, 0.1) is 64.4 Å². The Morgan fingerprint density at radius 2 is 0.559 bits per heavy atom. The minimum absolute atomic E-state index is 0. The Morgan fingerprint density at radius 1 is 0.315 bits per heavy atom. The summed E-state index contributed by atoms with van der Waals surface area (Å²) in [4.78, 5) is 92.4. The minimum Gasteiger partial charge on any atom is -0.390 e. The molecule has 15 rings (SSSR count). The molecule has 0 aromatic carbocycles. The Kier molecular flexibility index (Phi) is 33.0. The topological polar surface area (TPSA) is 395 Å². The van der Waals surface area contributed by atoms with Gasteiger partial charge in [-0.25, -0.2) is 22.8 Å². The highest BCUT2D eigenvalue weighted by Gasteiger charge is 2.34. The van der Waals surface area contributed by atoms with Crippen molar-refractivity contribution in [3.8, 4) is 0 Å². The van der Waals surface area contributed by atoms with Crippen LogP contribution >= 0.6 is 0 Å². The number of likely N-dealkylation sites (tertiary alicyclic amines) is 1. The smallest absolute Gasteiger partial charge is 0.390 e.